The number of carbonyl (C=O) groups excluding carboxylic acids is 6. The molecular weight excluding hydrogens is 1820 g/mol. The van der Waals surface area contributed by atoms with Crippen molar-refractivity contribution in [2.75, 3.05) is 79.3 Å². The van der Waals surface area contributed by atoms with Crippen LogP contribution in [0.15, 0.2) is 0 Å². The minimum atomic E-state index is -2.46. The molecule has 0 unspecified atom stereocenters. The molecule has 0 spiro atoms. The third kappa shape index (κ3) is 25.7. The standard InChI is InChI=1S/C74H124N6O53/c1-19(90)76-35-46(101)40(95)25(7-82)118-65(35)115-15-32-42(97)51(106)54(109)71(125-32)128-59-28(10-85)121-66(37(48(59)103)78-21(3)92)116-16-33-43(98)52(107)55(110)72(126-33)129-60-29(11-86)122-67(38(49(60)104)79-22(4)93)117-17-34-45(100)64(133-68-36(77-20(2)91)47(102)41(96)26(8-83)119-68)58(113)74(127-34)130-61-30(12-87)123-69(39(50(61)105)80-23(5)94)132-63-44(99)27(9-84)120-73(57(63)112)131-62-31(13-88)124-70(56(111)53(62)108)114-14-24(6-81)75-18-89/h18,24-74,81-88,95-113H,6-17H2,1-5H3,(H,75,89)(H,76,90)(H,77,91)(H,78,92)(H,79,93)(H,80,94)/t24-,25-,26-,27-,28-,29-,30-,31-,32-,33-,34-,35-,36-,37-,38-,39-,40-,41-,42+,43+,44+,45+,46-,47-,48-,49-,50-,51+,52+,53-,54-,55-,56-,57-,58-,59-,60-,61-,62-,63+,64+,65-,66-,67-,68+,69+,70-,71+,72+,73+,74+/m1/s1. The summed E-state index contributed by atoms with van der Waals surface area (Å²) in [6.07, 6.45) is -91.1. The molecule has 59 heteroatoms. The highest BCUT2D eigenvalue weighted by molar-refractivity contribution is 5.75. The predicted molar refractivity (Wildman–Crippen MR) is 411 cm³/mol. The number of nitrogens with one attached hydrogen (secondary N) is 6. The van der Waals surface area contributed by atoms with Crippen molar-refractivity contribution in [1.82, 2.24) is 31.9 Å². The van der Waals surface area contributed by atoms with E-state index in [1.165, 1.54) is 0 Å². The molecule has 10 rings (SSSR count). The van der Waals surface area contributed by atoms with E-state index in [2.05, 4.69) is 31.9 Å². The average Bonchev–Trinajstić information content (AvgIpc) is 0.747. The molecular formula is C74H124N6O53. The van der Waals surface area contributed by atoms with E-state index in [-0.39, 0.29) is 6.41 Å². The van der Waals surface area contributed by atoms with E-state index >= 15 is 0 Å². The molecule has 51 atom stereocenters. The molecule has 0 aliphatic carbocycles. The summed E-state index contributed by atoms with van der Waals surface area (Å²) in [5.74, 6) is -4.45. The van der Waals surface area contributed by atoms with Crippen LogP contribution in [0.4, 0.5) is 0 Å². The first-order valence-electron chi connectivity index (χ1n) is 42.3. The van der Waals surface area contributed by atoms with Crippen molar-refractivity contribution in [2.45, 2.75) is 347 Å². The lowest BCUT2D eigenvalue weighted by atomic mass is 9.94. The van der Waals surface area contributed by atoms with E-state index < -0.39 is 422 Å². The Morgan fingerprint density at radius 3 is 0.812 bits per heavy atom. The van der Waals surface area contributed by atoms with Gasteiger partial charge < -0.3 is 265 Å². The number of hydrogen-bond acceptors (Lipinski definition) is 53. The second kappa shape index (κ2) is 49.4. The van der Waals surface area contributed by atoms with Gasteiger partial charge in [0.25, 0.3) is 0 Å². The SMILES string of the molecule is CC(=O)N[C@H]1[C@H](OC[C@H]2O[C@@H](O[C@H]3[C@H](O)[C@@H](NC(C)=O)[C@H](O[C@H]4[C@@H](O)[C@@H](CO)O[C@@H](O[C@H]5[C@H](O)[C@@H](O)[C@H](OC[C@@H](CO)NC=O)O[C@@H]5CO)[C@@H]4O)O[C@@H]3CO)[C@H](O)[C@@H](O[C@@H]3O[C@H](CO)[C@@H](O)[C@H](O)[C@H]3NC(C)=O)[C@H]2O)O[C@H](CO)[C@@H](O[C@@H]2O[C@H](CO[C@@H]3O[C@H](CO)[C@@H](O[C@@H]4O[C@H](CO[C@@H]5O[C@H](CO)[C@@H](O)[C@H](O)[C@H]5NC(C)=O)[C@H](O)[C@H](O)[C@H]4O)[C@H](O)[C@H]3NC(C)=O)[C@H](O)[C@H](O)[C@H]2O)[C@@H]1O. The molecule has 0 aromatic carbocycles. The van der Waals surface area contributed by atoms with E-state index in [0.29, 0.717) is 0 Å². The number of carbonyl (C=O) groups is 6. The maximum Gasteiger partial charge on any atom is 0.217 e. The fourth-order valence-corrected chi connectivity index (χ4v) is 16.8. The van der Waals surface area contributed by atoms with Crippen molar-refractivity contribution in [3.8, 4) is 0 Å². The van der Waals surface area contributed by atoms with Crippen LogP contribution in [0.5, 0.6) is 0 Å². The van der Waals surface area contributed by atoms with Crippen LogP contribution in [0.25, 0.3) is 0 Å². The van der Waals surface area contributed by atoms with Crippen LogP contribution >= 0.6 is 0 Å². The van der Waals surface area contributed by atoms with Gasteiger partial charge in [-0.2, -0.15) is 0 Å². The lowest BCUT2D eigenvalue weighted by Crippen LogP contribution is -2.70. The average molecular weight is 1950 g/mol. The Balaban J connectivity index is 0.843. The lowest BCUT2D eigenvalue weighted by Gasteiger charge is -2.51. The molecule has 10 fully saturated rings. The zero-order valence-electron chi connectivity index (χ0n) is 71.7. The van der Waals surface area contributed by atoms with Gasteiger partial charge in [-0.15, -0.1) is 0 Å². The van der Waals surface area contributed by atoms with Gasteiger partial charge in [0, 0.05) is 34.6 Å². The van der Waals surface area contributed by atoms with Crippen molar-refractivity contribution in [2.24, 2.45) is 0 Å². The third-order valence-electron chi connectivity index (χ3n) is 23.8. The highest BCUT2D eigenvalue weighted by Gasteiger charge is 2.61. The first kappa shape index (κ1) is 110. The molecule has 10 saturated heterocycles. The van der Waals surface area contributed by atoms with E-state index in [1.54, 1.807) is 0 Å². The first-order valence-corrected chi connectivity index (χ1v) is 42.3. The van der Waals surface area contributed by atoms with Crippen LogP contribution < -0.4 is 31.9 Å². The largest absolute Gasteiger partial charge is 0.394 e. The molecule has 0 aromatic rings. The summed E-state index contributed by atoms with van der Waals surface area (Å²) in [7, 11) is 0. The van der Waals surface area contributed by atoms with E-state index in [0.717, 1.165) is 34.6 Å². The zero-order valence-corrected chi connectivity index (χ0v) is 71.7. The van der Waals surface area contributed by atoms with Crippen LogP contribution in [0, 0.1) is 0 Å². The Hall–Kier alpha value is -5.06. The summed E-state index contributed by atoms with van der Waals surface area (Å²) >= 11 is 0. The van der Waals surface area contributed by atoms with Crippen LogP contribution in [-0.2, 0) is 124 Å². The maximum absolute atomic E-state index is 13.1. The summed E-state index contributed by atoms with van der Waals surface area (Å²) in [6, 6.07) is -10.1. The number of hydrogen-bond donors (Lipinski definition) is 33. The van der Waals surface area contributed by atoms with Gasteiger partial charge in [-0.25, -0.2) is 0 Å². The van der Waals surface area contributed by atoms with Crippen LogP contribution in [0.2, 0.25) is 0 Å². The Kier molecular flexibility index (Phi) is 40.8. The van der Waals surface area contributed by atoms with Gasteiger partial charge in [0.05, 0.1) is 85.3 Å². The summed E-state index contributed by atoms with van der Waals surface area (Å²) in [5, 5.41) is 315. The quantitative estimate of drug-likeness (QED) is 0.0254. The summed E-state index contributed by atoms with van der Waals surface area (Å²) in [4.78, 5) is 74.8. The predicted octanol–water partition coefficient (Wildman–Crippen LogP) is -23.0. The van der Waals surface area contributed by atoms with E-state index in [1.807, 2.05) is 0 Å². The minimum absolute atomic E-state index is 0.244. The molecule has 59 nitrogen and oxygen atoms in total. The molecule has 33 N–H and O–H groups in total. The summed E-state index contributed by atoms with van der Waals surface area (Å²) < 4.78 is 118. The summed E-state index contributed by atoms with van der Waals surface area (Å²) in [6.45, 7) is -6.71. The van der Waals surface area contributed by atoms with Gasteiger partial charge in [-0.1, -0.05) is 0 Å². The molecule has 0 bridgehead atoms. The Morgan fingerprint density at radius 2 is 0.481 bits per heavy atom. The number of ether oxygens (including phenoxy) is 20. The molecule has 0 aromatic heterocycles. The second-order valence-corrected chi connectivity index (χ2v) is 33.3. The monoisotopic (exact) mass is 1940 g/mol. The van der Waals surface area contributed by atoms with E-state index in [9.17, 15) is 167 Å². The fourth-order valence-electron chi connectivity index (χ4n) is 16.8. The van der Waals surface area contributed by atoms with Crippen molar-refractivity contribution < 1.29 is 261 Å². The van der Waals surface area contributed by atoms with Crippen molar-refractivity contribution in [1.29, 1.82) is 0 Å². The Bertz CT molecular complexity index is 3630. The van der Waals surface area contributed by atoms with Crippen molar-refractivity contribution >= 4 is 35.9 Å². The second-order valence-electron chi connectivity index (χ2n) is 33.3. The number of aliphatic hydroxyl groups excluding tert-OH is 27. The van der Waals surface area contributed by atoms with Gasteiger partial charge in [0.15, 0.2) is 62.9 Å². The van der Waals surface area contributed by atoms with Gasteiger partial charge in [-0.05, 0) is 0 Å². The van der Waals surface area contributed by atoms with Gasteiger partial charge in [-0.3, -0.25) is 28.8 Å². The maximum atomic E-state index is 13.1. The van der Waals surface area contributed by atoms with Gasteiger partial charge >= 0.3 is 0 Å². The number of rotatable bonds is 39. The topological polar surface area (TPSA) is 905 Å². The summed E-state index contributed by atoms with van der Waals surface area (Å²) in [5.41, 5.74) is 0. The normalized spacial score (nSPS) is 46.7. The first-order chi connectivity index (χ1) is 63.0. The molecule has 10 heterocycles. The zero-order chi connectivity index (χ0) is 97.9. The Morgan fingerprint density at radius 1 is 0.248 bits per heavy atom. The Labute approximate surface area is 753 Å². The molecule has 768 valence electrons. The number of amides is 6. The molecule has 10 aliphatic rings. The molecule has 0 saturated carbocycles. The van der Waals surface area contributed by atoms with Gasteiger partial charge in [0.2, 0.25) is 35.9 Å². The molecule has 133 heavy (non-hydrogen) atoms. The highest BCUT2D eigenvalue weighted by Crippen LogP contribution is 2.40. The van der Waals surface area contributed by atoms with Crippen LogP contribution in [0.1, 0.15) is 34.6 Å². The third-order valence-corrected chi connectivity index (χ3v) is 23.8. The molecule has 10 aliphatic heterocycles. The fraction of sp³-hybridized carbons (Fsp3) is 0.919. The minimum Gasteiger partial charge on any atom is -0.394 e. The lowest BCUT2D eigenvalue weighted by molar-refractivity contribution is -0.387. The van der Waals surface area contributed by atoms with Crippen molar-refractivity contribution in [3.05, 3.63) is 0 Å². The smallest absolute Gasteiger partial charge is 0.217 e. The van der Waals surface area contributed by atoms with Gasteiger partial charge in [0.1, 0.15) is 244 Å². The molecule has 6 amide bonds. The van der Waals surface area contributed by atoms with Crippen LogP contribution in [0.3, 0.4) is 0 Å². The van der Waals surface area contributed by atoms with Crippen LogP contribution in [-0.4, -0.2) is 566 Å². The molecule has 0 radical (unpaired) electrons. The van der Waals surface area contributed by atoms with E-state index in [4.69, 9.17) is 94.7 Å². The number of aliphatic hydroxyl groups is 27. The van der Waals surface area contributed by atoms with Crippen molar-refractivity contribution in [3.63, 3.8) is 0 Å². The highest BCUT2D eigenvalue weighted by atomic mass is 16.8.